The predicted octanol–water partition coefficient (Wildman–Crippen LogP) is 0.727. The van der Waals surface area contributed by atoms with Crippen LogP contribution in [0.15, 0.2) is 12.3 Å². The van der Waals surface area contributed by atoms with Crippen LogP contribution in [0.4, 0.5) is 0 Å². The number of hydrogen-bond donors (Lipinski definition) is 2. The molecule has 19 heavy (non-hydrogen) atoms. The number of piperidine rings is 1. The summed E-state index contributed by atoms with van der Waals surface area (Å²) < 4.78 is 0. The molecule has 0 spiro atoms. The minimum Gasteiger partial charge on any atom is -0.391 e. The molecule has 2 aliphatic rings. The topological polar surface area (TPSA) is 30.5 Å². The second-order valence-electron chi connectivity index (χ2n) is 5.95. The summed E-state index contributed by atoms with van der Waals surface area (Å²) in [5, 5.41) is 6.56. The van der Waals surface area contributed by atoms with Crippen LogP contribution in [0.5, 0.6) is 0 Å². The van der Waals surface area contributed by atoms with Gasteiger partial charge >= 0.3 is 0 Å². The fraction of sp³-hybridized carbons (Fsp3) is 0.867. The number of piperazine rings is 1. The molecule has 0 atom stereocenters. The molecule has 4 heteroatoms. The van der Waals surface area contributed by atoms with Crippen molar-refractivity contribution in [3.8, 4) is 0 Å². The zero-order valence-electron chi connectivity index (χ0n) is 12.5. The van der Waals surface area contributed by atoms with Crippen molar-refractivity contribution in [2.24, 2.45) is 5.92 Å². The lowest BCUT2D eigenvalue weighted by atomic mass is 9.93. The van der Waals surface area contributed by atoms with E-state index in [0.29, 0.717) is 0 Å². The molecule has 0 aromatic heterocycles. The molecule has 2 aliphatic heterocycles. The SMILES string of the molecule is C=C(CN1CCC(CCN2CCNCC2)CC1)NC. The molecular weight excluding hydrogens is 236 g/mol. The van der Waals surface area contributed by atoms with Gasteiger partial charge in [0.15, 0.2) is 0 Å². The van der Waals surface area contributed by atoms with Gasteiger partial charge < -0.3 is 15.5 Å². The Labute approximate surface area is 118 Å². The second-order valence-corrected chi connectivity index (χ2v) is 5.95. The lowest BCUT2D eigenvalue weighted by molar-refractivity contribution is 0.165. The Kier molecular flexibility index (Phi) is 6.14. The van der Waals surface area contributed by atoms with Crippen molar-refractivity contribution in [1.29, 1.82) is 0 Å². The van der Waals surface area contributed by atoms with Crippen molar-refractivity contribution in [1.82, 2.24) is 20.4 Å². The molecule has 2 saturated heterocycles. The molecule has 0 unspecified atom stereocenters. The van der Waals surface area contributed by atoms with Crippen molar-refractivity contribution in [2.75, 3.05) is 59.4 Å². The molecule has 0 aromatic carbocycles. The minimum atomic E-state index is 0.939. The van der Waals surface area contributed by atoms with E-state index in [0.717, 1.165) is 18.2 Å². The number of rotatable bonds is 6. The first-order valence-corrected chi connectivity index (χ1v) is 7.79. The third-order valence-corrected chi connectivity index (χ3v) is 4.54. The van der Waals surface area contributed by atoms with Gasteiger partial charge in [-0.25, -0.2) is 0 Å². The van der Waals surface area contributed by atoms with E-state index < -0.39 is 0 Å². The average molecular weight is 266 g/mol. The molecule has 110 valence electrons. The van der Waals surface area contributed by atoms with Crippen LogP contribution < -0.4 is 10.6 Å². The Balaban J connectivity index is 1.59. The van der Waals surface area contributed by atoms with Crippen molar-refractivity contribution in [3.05, 3.63) is 12.3 Å². The van der Waals surface area contributed by atoms with Crippen LogP contribution in [-0.2, 0) is 0 Å². The first-order valence-electron chi connectivity index (χ1n) is 7.79. The van der Waals surface area contributed by atoms with Gasteiger partial charge in [0.1, 0.15) is 0 Å². The first kappa shape index (κ1) is 14.8. The molecule has 2 heterocycles. The smallest absolute Gasteiger partial charge is 0.0375 e. The van der Waals surface area contributed by atoms with Gasteiger partial charge in [-0.2, -0.15) is 0 Å². The standard InChI is InChI=1S/C15H30N4/c1-14(16-2)13-19-9-4-15(5-10-19)3-8-18-11-6-17-7-12-18/h15-17H,1,3-13H2,2H3. The Hall–Kier alpha value is -0.580. The summed E-state index contributed by atoms with van der Waals surface area (Å²) in [5.41, 5.74) is 1.14. The highest BCUT2D eigenvalue weighted by atomic mass is 15.2. The summed E-state index contributed by atoms with van der Waals surface area (Å²) in [4.78, 5) is 5.14. The van der Waals surface area contributed by atoms with E-state index in [1.165, 1.54) is 65.1 Å². The highest BCUT2D eigenvalue weighted by molar-refractivity contribution is 4.94. The van der Waals surface area contributed by atoms with Crippen molar-refractivity contribution in [2.45, 2.75) is 19.3 Å². The summed E-state index contributed by atoms with van der Waals surface area (Å²) in [7, 11) is 1.96. The zero-order valence-corrected chi connectivity index (χ0v) is 12.5. The summed E-state index contributed by atoms with van der Waals surface area (Å²) in [6, 6.07) is 0. The summed E-state index contributed by atoms with van der Waals surface area (Å²) in [6.45, 7) is 13.6. The van der Waals surface area contributed by atoms with E-state index in [2.05, 4.69) is 27.0 Å². The number of hydrogen-bond acceptors (Lipinski definition) is 4. The molecule has 0 aromatic rings. The van der Waals surface area contributed by atoms with Crippen LogP contribution in [0.2, 0.25) is 0 Å². The van der Waals surface area contributed by atoms with Crippen LogP contribution in [-0.4, -0.2) is 69.2 Å². The molecule has 0 bridgehead atoms. The maximum absolute atomic E-state index is 4.02. The van der Waals surface area contributed by atoms with E-state index in [1.807, 2.05) is 7.05 Å². The predicted molar refractivity (Wildman–Crippen MR) is 81.3 cm³/mol. The lowest BCUT2D eigenvalue weighted by Gasteiger charge is -2.34. The van der Waals surface area contributed by atoms with Crippen molar-refractivity contribution >= 4 is 0 Å². The largest absolute Gasteiger partial charge is 0.391 e. The third kappa shape index (κ3) is 5.13. The molecule has 4 nitrogen and oxygen atoms in total. The Morgan fingerprint density at radius 3 is 2.47 bits per heavy atom. The fourth-order valence-corrected chi connectivity index (χ4v) is 3.08. The number of likely N-dealkylation sites (tertiary alicyclic amines) is 1. The van der Waals surface area contributed by atoms with Crippen LogP contribution in [0.25, 0.3) is 0 Å². The van der Waals surface area contributed by atoms with Crippen LogP contribution in [0, 0.1) is 5.92 Å². The summed E-state index contributed by atoms with van der Waals surface area (Å²) >= 11 is 0. The second kappa shape index (κ2) is 7.88. The first-order chi connectivity index (χ1) is 9.28. The Bertz CT molecular complexity index is 265. The quantitative estimate of drug-likeness (QED) is 0.742. The average Bonchev–Trinajstić information content (AvgIpc) is 2.47. The van der Waals surface area contributed by atoms with Gasteiger partial charge in [0, 0.05) is 45.5 Å². The van der Waals surface area contributed by atoms with Crippen molar-refractivity contribution in [3.63, 3.8) is 0 Å². The molecule has 0 saturated carbocycles. The van der Waals surface area contributed by atoms with E-state index in [1.54, 1.807) is 0 Å². The number of nitrogens with zero attached hydrogens (tertiary/aromatic N) is 2. The lowest BCUT2D eigenvalue weighted by Crippen LogP contribution is -2.44. The highest BCUT2D eigenvalue weighted by Gasteiger charge is 2.20. The van der Waals surface area contributed by atoms with Gasteiger partial charge in [-0.05, 0) is 44.8 Å². The van der Waals surface area contributed by atoms with Gasteiger partial charge in [-0.1, -0.05) is 6.58 Å². The van der Waals surface area contributed by atoms with Gasteiger partial charge in [0.2, 0.25) is 0 Å². The van der Waals surface area contributed by atoms with E-state index in [-0.39, 0.29) is 0 Å². The minimum absolute atomic E-state index is 0.939. The molecular formula is C15H30N4. The number of nitrogens with one attached hydrogen (secondary N) is 2. The molecule has 2 rings (SSSR count). The van der Waals surface area contributed by atoms with E-state index in [4.69, 9.17) is 0 Å². The molecule has 2 fully saturated rings. The molecule has 2 N–H and O–H groups in total. The molecule has 0 amide bonds. The zero-order chi connectivity index (χ0) is 13.5. The van der Waals surface area contributed by atoms with E-state index >= 15 is 0 Å². The summed E-state index contributed by atoms with van der Waals surface area (Å²) in [5.74, 6) is 0.939. The van der Waals surface area contributed by atoms with Gasteiger partial charge in [0.05, 0.1) is 0 Å². The highest BCUT2D eigenvalue weighted by Crippen LogP contribution is 2.21. The van der Waals surface area contributed by atoms with Crippen LogP contribution >= 0.6 is 0 Å². The van der Waals surface area contributed by atoms with Gasteiger partial charge in [0.25, 0.3) is 0 Å². The van der Waals surface area contributed by atoms with Gasteiger partial charge in [-0.3, -0.25) is 4.90 Å². The Morgan fingerprint density at radius 2 is 1.84 bits per heavy atom. The monoisotopic (exact) mass is 266 g/mol. The maximum atomic E-state index is 4.02. The van der Waals surface area contributed by atoms with Crippen molar-refractivity contribution < 1.29 is 0 Å². The van der Waals surface area contributed by atoms with Crippen LogP contribution in [0.3, 0.4) is 0 Å². The molecule has 0 radical (unpaired) electrons. The number of likely N-dealkylation sites (N-methyl/N-ethyl adjacent to an activating group) is 1. The van der Waals surface area contributed by atoms with E-state index in [9.17, 15) is 0 Å². The Morgan fingerprint density at radius 1 is 1.16 bits per heavy atom. The third-order valence-electron chi connectivity index (χ3n) is 4.54. The maximum Gasteiger partial charge on any atom is 0.0375 e. The van der Waals surface area contributed by atoms with Crippen LogP contribution in [0.1, 0.15) is 19.3 Å². The molecule has 0 aliphatic carbocycles. The normalized spacial score (nSPS) is 23.4. The fourth-order valence-electron chi connectivity index (χ4n) is 3.08. The summed E-state index contributed by atoms with van der Waals surface area (Å²) in [6.07, 6.45) is 4.12. The van der Waals surface area contributed by atoms with Gasteiger partial charge in [-0.15, -0.1) is 0 Å².